The molecule has 0 aliphatic heterocycles. The Morgan fingerprint density at radius 1 is 1.17 bits per heavy atom. The average Bonchev–Trinajstić information content (AvgIpc) is 2.29. The molecule has 0 bridgehead atoms. The van der Waals surface area contributed by atoms with Crippen LogP contribution in [0.5, 0.6) is 0 Å². The van der Waals surface area contributed by atoms with Crippen LogP contribution in [0.25, 0.3) is 0 Å². The largest absolute Gasteiger partial charge is 0.481 e. The van der Waals surface area contributed by atoms with Gasteiger partial charge in [-0.15, -0.1) is 0 Å². The lowest BCUT2D eigenvalue weighted by Crippen LogP contribution is -2.08. The molecule has 0 saturated carbocycles. The zero-order chi connectivity index (χ0) is 14.0. The Kier molecular flexibility index (Phi) is 9.35. The summed E-state index contributed by atoms with van der Waals surface area (Å²) < 4.78 is 0. The first kappa shape index (κ1) is 16.9. The quantitative estimate of drug-likeness (QED) is 0.589. The molecule has 0 aliphatic carbocycles. The van der Waals surface area contributed by atoms with Crippen molar-refractivity contribution < 1.29 is 9.90 Å². The number of hydrogen-bond donors (Lipinski definition) is 1. The van der Waals surface area contributed by atoms with E-state index in [-0.39, 0.29) is 5.92 Å². The molecule has 104 valence electrons. The maximum atomic E-state index is 10.7. The highest BCUT2D eigenvalue weighted by molar-refractivity contribution is 5.69. The van der Waals surface area contributed by atoms with Crippen molar-refractivity contribution in [2.75, 3.05) is 0 Å². The molecule has 0 rings (SSSR count). The maximum Gasteiger partial charge on any atom is 0.306 e. The number of aliphatic carboxylic acids is 1. The zero-order valence-corrected chi connectivity index (χ0v) is 12.3. The van der Waals surface area contributed by atoms with Crippen molar-refractivity contribution >= 4 is 5.97 Å². The molecule has 0 aromatic heterocycles. The van der Waals surface area contributed by atoms with E-state index in [9.17, 15) is 4.79 Å². The second-order valence-corrected chi connectivity index (χ2v) is 5.18. The first-order chi connectivity index (χ1) is 8.47. The minimum absolute atomic E-state index is 0.215. The second kappa shape index (κ2) is 9.93. The maximum absolute atomic E-state index is 10.7. The Balaban J connectivity index is 3.78. The van der Waals surface area contributed by atoms with Crippen LogP contribution in [-0.4, -0.2) is 11.1 Å². The molecule has 0 amide bonds. The van der Waals surface area contributed by atoms with Gasteiger partial charge >= 0.3 is 5.97 Å². The number of carboxylic acids is 1. The van der Waals surface area contributed by atoms with E-state index in [2.05, 4.69) is 32.9 Å². The third-order valence-electron chi connectivity index (χ3n) is 3.21. The summed E-state index contributed by atoms with van der Waals surface area (Å²) in [6.45, 7) is 8.26. The van der Waals surface area contributed by atoms with Gasteiger partial charge in [-0.1, -0.05) is 37.1 Å². The minimum Gasteiger partial charge on any atom is -0.481 e. The standard InChI is InChI=1S/C16H28O2/c1-5-8-13(2)9-6-10-14(3)11-7-12-15(4)16(17)18/h8,10,15H,5-7,9,11-12H2,1-4H3,(H,17,18). The van der Waals surface area contributed by atoms with Gasteiger partial charge < -0.3 is 5.11 Å². The van der Waals surface area contributed by atoms with Crippen molar-refractivity contribution in [1.82, 2.24) is 0 Å². The highest BCUT2D eigenvalue weighted by Crippen LogP contribution is 2.14. The van der Waals surface area contributed by atoms with Crippen LogP contribution in [0.3, 0.4) is 0 Å². The Hall–Kier alpha value is -1.05. The number of carbonyl (C=O) groups is 1. The Labute approximate surface area is 112 Å². The van der Waals surface area contributed by atoms with Crippen LogP contribution in [0.15, 0.2) is 23.3 Å². The molecule has 0 saturated heterocycles. The predicted molar refractivity (Wildman–Crippen MR) is 77.7 cm³/mol. The summed E-state index contributed by atoms with van der Waals surface area (Å²) in [5, 5.41) is 8.78. The normalized spacial score (nSPS) is 14.7. The molecule has 0 aromatic rings. The average molecular weight is 252 g/mol. The molecule has 1 unspecified atom stereocenters. The Bertz CT molecular complexity index is 300. The van der Waals surface area contributed by atoms with Gasteiger partial charge in [0.2, 0.25) is 0 Å². The summed E-state index contributed by atoms with van der Waals surface area (Å²) in [6, 6.07) is 0. The van der Waals surface area contributed by atoms with Crippen LogP contribution < -0.4 is 0 Å². The van der Waals surface area contributed by atoms with Gasteiger partial charge in [0.05, 0.1) is 5.92 Å². The highest BCUT2D eigenvalue weighted by Gasteiger charge is 2.09. The van der Waals surface area contributed by atoms with Gasteiger partial charge in [-0.3, -0.25) is 4.79 Å². The van der Waals surface area contributed by atoms with E-state index < -0.39 is 5.97 Å². The van der Waals surface area contributed by atoms with E-state index in [1.54, 1.807) is 6.92 Å². The first-order valence-electron chi connectivity index (χ1n) is 7.01. The molecule has 2 nitrogen and oxygen atoms in total. The molecule has 1 N–H and O–H groups in total. The van der Waals surface area contributed by atoms with E-state index in [4.69, 9.17) is 5.11 Å². The van der Waals surface area contributed by atoms with Crippen molar-refractivity contribution in [3.63, 3.8) is 0 Å². The third-order valence-corrected chi connectivity index (χ3v) is 3.21. The van der Waals surface area contributed by atoms with E-state index in [1.807, 2.05) is 0 Å². The van der Waals surface area contributed by atoms with Crippen molar-refractivity contribution in [2.24, 2.45) is 5.92 Å². The van der Waals surface area contributed by atoms with Gasteiger partial charge in [0, 0.05) is 0 Å². The van der Waals surface area contributed by atoms with Gasteiger partial charge in [-0.25, -0.2) is 0 Å². The lowest BCUT2D eigenvalue weighted by molar-refractivity contribution is -0.141. The summed E-state index contributed by atoms with van der Waals surface area (Å²) in [4.78, 5) is 10.7. The Morgan fingerprint density at radius 3 is 2.33 bits per heavy atom. The van der Waals surface area contributed by atoms with Crippen LogP contribution in [0.2, 0.25) is 0 Å². The van der Waals surface area contributed by atoms with Crippen molar-refractivity contribution in [3.8, 4) is 0 Å². The minimum atomic E-state index is -0.683. The third kappa shape index (κ3) is 9.03. The fourth-order valence-electron chi connectivity index (χ4n) is 1.91. The molecule has 0 spiro atoms. The molecular formula is C16H28O2. The summed E-state index contributed by atoms with van der Waals surface area (Å²) in [5.74, 6) is -0.899. The molecule has 0 radical (unpaired) electrons. The van der Waals surface area contributed by atoms with Gasteiger partial charge in [0.15, 0.2) is 0 Å². The lowest BCUT2D eigenvalue weighted by Gasteiger charge is -2.06. The summed E-state index contributed by atoms with van der Waals surface area (Å²) >= 11 is 0. The van der Waals surface area contributed by atoms with E-state index >= 15 is 0 Å². The zero-order valence-electron chi connectivity index (χ0n) is 12.3. The highest BCUT2D eigenvalue weighted by atomic mass is 16.4. The van der Waals surface area contributed by atoms with Gasteiger partial charge in [-0.05, 0) is 52.4 Å². The SMILES string of the molecule is CCC=C(C)CCC=C(C)CCCC(C)C(=O)O. The predicted octanol–water partition coefficient (Wildman–Crippen LogP) is 4.96. The smallest absolute Gasteiger partial charge is 0.306 e. The Morgan fingerprint density at radius 2 is 1.78 bits per heavy atom. The summed E-state index contributed by atoms with van der Waals surface area (Å²) in [5.41, 5.74) is 2.85. The number of rotatable bonds is 9. The van der Waals surface area contributed by atoms with E-state index in [0.717, 1.165) is 38.5 Å². The van der Waals surface area contributed by atoms with Crippen LogP contribution in [0, 0.1) is 5.92 Å². The molecule has 0 heterocycles. The van der Waals surface area contributed by atoms with Crippen molar-refractivity contribution in [3.05, 3.63) is 23.3 Å². The number of allylic oxidation sites excluding steroid dienone is 4. The van der Waals surface area contributed by atoms with Gasteiger partial charge in [0.1, 0.15) is 0 Å². The number of hydrogen-bond acceptors (Lipinski definition) is 1. The molecule has 0 fully saturated rings. The van der Waals surface area contributed by atoms with Gasteiger partial charge in [0.25, 0.3) is 0 Å². The van der Waals surface area contributed by atoms with Crippen molar-refractivity contribution in [1.29, 1.82) is 0 Å². The molecule has 2 heteroatoms. The lowest BCUT2D eigenvalue weighted by atomic mass is 10.0. The summed E-state index contributed by atoms with van der Waals surface area (Å²) in [7, 11) is 0. The summed E-state index contributed by atoms with van der Waals surface area (Å²) in [6.07, 6.45) is 10.7. The molecule has 18 heavy (non-hydrogen) atoms. The van der Waals surface area contributed by atoms with Crippen LogP contribution >= 0.6 is 0 Å². The van der Waals surface area contributed by atoms with Crippen LogP contribution in [0.4, 0.5) is 0 Å². The molecule has 0 aliphatic rings. The monoisotopic (exact) mass is 252 g/mol. The number of carboxylic acid groups (broad SMARTS) is 1. The topological polar surface area (TPSA) is 37.3 Å². The fourth-order valence-corrected chi connectivity index (χ4v) is 1.91. The van der Waals surface area contributed by atoms with E-state index in [0.29, 0.717) is 0 Å². The molecule has 1 atom stereocenters. The second-order valence-electron chi connectivity index (χ2n) is 5.18. The van der Waals surface area contributed by atoms with Crippen LogP contribution in [0.1, 0.15) is 66.2 Å². The van der Waals surface area contributed by atoms with E-state index in [1.165, 1.54) is 11.1 Å². The van der Waals surface area contributed by atoms with Crippen LogP contribution in [-0.2, 0) is 4.79 Å². The van der Waals surface area contributed by atoms with Gasteiger partial charge in [-0.2, -0.15) is 0 Å². The fraction of sp³-hybridized carbons (Fsp3) is 0.688. The first-order valence-corrected chi connectivity index (χ1v) is 7.01. The molecular weight excluding hydrogens is 224 g/mol. The van der Waals surface area contributed by atoms with Crippen molar-refractivity contribution in [2.45, 2.75) is 66.2 Å². The molecule has 0 aromatic carbocycles.